The third-order valence-corrected chi connectivity index (χ3v) is 3.45. The highest BCUT2D eigenvalue weighted by Gasteiger charge is 2.05. The Morgan fingerprint density at radius 3 is 2.48 bits per heavy atom. The maximum Gasteiger partial charge on any atom is 0.269 e. The SMILES string of the molecule is CCCN(C)c1cnn(Cc2ccc(CN)cc2)c(=O)c1. The Hall–Kier alpha value is -2.14. The number of aromatic nitrogens is 2. The minimum Gasteiger partial charge on any atom is -0.373 e. The van der Waals surface area contributed by atoms with E-state index in [0.717, 1.165) is 29.8 Å². The minimum absolute atomic E-state index is 0.0849. The number of hydrogen-bond acceptors (Lipinski definition) is 4. The quantitative estimate of drug-likeness (QED) is 0.876. The lowest BCUT2D eigenvalue weighted by Gasteiger charge is -2.17. The number of anilines is 1. The molecule has 0 radical (unpaired) electrons. The molecule has 0 aliphatic carbocycles. The molecule has 2 N–H and O–H groups in total. The van der Waals surface area contributed by atoms with E-state index in [1.807, 2.05) is 36.2 Å². The predicted molar refractivity (Wildman–Crippen MR) is 85.5 cm³/mol. The van der Waals surface area contributed by atoms with E-state index in [-0.39, 0.29) is 5.56 Å². The van der Waals surface area contributed by atoms with Gasteiger partial charge >= 0.3 is 0 Å². The summed E-state index contributed by atoms with van der Waals surface area (Å²) in [4.78, 5) is 14.2. The molecule has 5 heteroatoms. The summed E-state index contributed by atoms with van der Waals surface area (Å²) < 4.78 is 1.47. The number of hydrogen-bond donors (Lipinski definition) is 1. The van der Waals surface area contributed by atoms with Crippen LogP contribution in [0.4, 0.5) is 5.69 Å². The lowest BCUT2D eigenvalue weighted by atomic mass is 10.1. The lowest BCUT2D eigenvalue weighted by Crippen LogP contribution is -2.26. The molecule has 0 spiro atoms. The van der Waals surface area contributed by atoms with Crippen LogP contribution in [0, 0.1) is 0 Å². The van der Waals surface area contributed by atoms with Gasteiger partial charge in [0, 0.05) is 26.2 Å². The standard InChI is InChI=1S/C16H22N4O/c1-3-8-19(2)15-9-16(21)20(18-11-15)12-14-6-4-13(10-17)5-7-14/h4-7,9,11H,3,8,10,12,17H2,1-2H3. The molecule has 1 heterocycles. The van der Waals surface area contributed by atoms with Crippen LogP contribution in [0.15, 0.2) is 41.3 Å². The molecule has 1 aromatic carbocycles. The second-order valence-electron chi connectivity index (χ2n) is 5.15. The van der Waals surface area contributed by atoms with Crippen LogP contribution in [0.3, 0.4) is 0 Å². The van der Waals surface area contributed by atoms with Gasteiger partial charge in [0.2, 0.25) is 0 Å². The summed E-state index contributed by atoms with van der Waals surface area (Å²) in [5.74, 6) is 0. The van der Waals surface area contributed by atoms with E-state index in [0.29, 0.717) is 13.1 Å². The Balaban J connectivity index is 2.15. The first kappa shape index (κ1) is 15.3. The maximum atomic E-state index is 12.1. The molecule has 0 saturated carbocycles. The van der Waals surface area contributed by atoms with Crippen LogP contribution in [-0.2, 0) is 13.1 Å². The summed E-state index contributed by atoms with van der Waals surface area (Å²) in [7, 11) is 1.97. The van der Waals surface area contributed by atoms with E-state index in [9.17, 15) is 4.79 Å². The molecule has 5 nitrogen and oxygen atoms in total. The van der Waals surface area contributed by atoms with Gasteiger partial charge in [-0.3, -0.25) is 4.79 Å². The van der Waals surface area contributed by atoms with Gasteiger partial charge in [-0.25, -0.2) is 4.68 Å². The van der Waals surface area contributed by atoms with E-state index in [4.69, 9.17) is 5.73 Å². The fraction of sp³-hybridized carbons (Fsp3) is 0.375. The zero-order chi connectivity index (χ0) is 15.2. The summed E-state index contributed by atoms with van der Waals surface area (Å²) in [6, 6.07) is 9.55. The van der Waals surface area contributed by atoms with Crippen molar-refractivity contribution in [1.29, 1.82) is 0 Å². The van der Waals surface area contributed by atoms with Gasteiger partial charge in [-0.1, -0.05) is 31.2 Å². The molecule has 0 amide bonds. The molecule has 1 aromatic heterocycles. The van der Waals surface area contributed by atoms with Gasteiger partial charge in [0.25, 0.3) is 5.56 Å². The average molecular weight is 286 g/mol. The van der Waals surface area contributed by atoms with Crippen LogP contribution >= 0.6 is 0 Å². The molecule has 0 atom stereocenters. The smallest absolute Gasteiger partial charge is 0.269 e. The molecule has 0 saturated heterocycles. The van der Waals surface area contributed by atoms with Gasteiger partial charge < -0.3 is 10.6 Å². The zero-order valence-corrected chi connectivity index (χ0v) is 12.6. The van der Waals surface area contributed by atoms with Crippen molar-refractivity contribution < 1.29 is 0 Å². The number of rotatable bonds is 6. The highest BCUT2D eigenvalue weighted by Crippen LogP contribution is 2.08. The van der Waals surface area contributed by atoms with Gasteiger partial charge in [-0.15, -0.1) is 0 Å². The van der Waals surface area contributed by atoms with Crippen molar-refractivity contribution in [2.45, 2.75) is 26.4 Å². The second kappa shape index (κ2) is 7.04. The molecular formula is C16H22N4O. The molecule has 2 aromatic rings. The Bertz CT molecular complexity index is 633. The van der Waals surface area contributed by atoms with Crippen molar-refractivity contribution >= 4 is 5.69 Å². The van der Waals surface area contributed by atoms with Crippen molar-refractivity contribution in [3.05, 3.63) is 58.0 Å². The van der Waals surface area contributed by atoms with Crippen molar-refractivity contribution in [2.24, 2.45) is 5.73 Å². The van der Waals surface area contributed by atoms with E-state index in [2.05, 4.69) is 12.0 Å². The Morgan fingerprint density at radius 2 is 1.90 bits per heavy atom. The highest BCUT2D eigenvalue weighted by atomic mass is 16.1. The topological polar surface area (TPSA) is 64.2 Å². The fourth-order valence-corrected chi connectivity index (χ4v) is 2.17. The molecule has 0 fully saturated rings. The lowest BCUT2D eigenvalue weighted by molar-refractivity contribution is 0.636. The van der Waals surface area contributed by atoms with Crippen molar-refractivity contribution in [3.8, 4) is 0 Å². The third-order valence-electron chi connectivity index (χ3n) is 3.45. The van der Waals surface area contributed by atoms with Gasteiger partial charge in [0.05, 0.1) is 18.4 Å². The molecule has 21 heavy (non-hydrogen) atoms. The normalized spacial score (nSPS) is 10.6. The summed E-state index contributed by atoms with van der Waals surface area (Å²) in [6.45, 7) is 4.01. The van der Waals surface area contributed by atoms with Crippen LogP contribution in [0.2, 0.25) is 0 Å². The molecule has 0 aliphatic rings. The molecular weight excluding hydrogens is 264 g/mol. The Labute approximate surface area is 125 Å². The van der Waals surface area contributed by atoms with Gasteiger partial charge in [-0.05, 0) is 17.5 Å². The minimum atomic E-state index is -0.0849. The molecule has 0 aliphatic heterocycles. The van der Waals surface area contributed by atoms with E-state index in [1.165, 1.54) is 4.68 Å². The first-order chi connectivity index (χ1) is 10.1. The van der Waals surface area contributed by atoms with Gasteiger partial charge in [0.15, 0.2) is 0 Å². The van der Waals surface area contributed by atoms with E-state index >= 15 is 0 Å². The third kappa shape index (κ3) is 3.92. The Kier molecular flexibility index (Phi) is 5.11. The first-order valence-electron chi connectivity index (χ1n) is 7.20. The van der Waals surface area contributed by atoms with Crippen molar-refractivity contribution in [2.75, 3.05) is 18.5 Å². The zero-order valence-electron chi connectivity index (χ0n) is 12.6. The number of nitrogens with two attached hydrogens (primary N) is 1. The average Bonchev–Trinajstić information content (AvgIpc) is 2.50. The fourth-order valence-electron chi connectivity index (χ4n) is 2.17. The molecule has 0 bridgehead atoms. The van der Waals surface area contributed by atoms with Crippen molar-refractivity contribution in [3.63, 3.8) is 0 Å². The number of nitrogens with zero attached hydrogens (tertiary/aromatic N) is 3. The van der Waals surface area contributed by atoms with Crippen LogP contribution in [0.1, 0.15) is 24.5 Å². The highest BCUT2D eigenvalue weighted by molar-refractivity contribution is 5.41. The first-order valence-corrected chi connectivity index (χ1v) is 7.20. The predicted octanol–water partition coefficient (Wildman–Crippen LogP) is 1.60. The summed E-state index contributed by atoms with van der Waals surface area (Å²) in [5.41, 5.74) is 8.46. The summed E-state index contributed by atoms with van der Waals surface area (Å²) >= 11 is 0. The second-order valence-corrected chi connectivity index (χ2v) is 5.15. The van der Waals surface area contributed by atoms with Crippen molar-refractivity contribution in [1.82, 2.24) is 9.78 Å². The van der Waals surface area contributed by atoms with Gasteiger partial charge in [-0.2, -0.15) is 5.10 Å². The Morgan fingerprint density at radius 1 is 1.24 bits per heavy atom. The van der Waals surface area contributed by atoms with Crippen LogP contribution < -0.4 is 16.2 Å². The van der Waals surface area contributed by atoms with E-state index < -0.39 is 0 Å². The molecule has 0 unspecified atom stereocenters. The maximum absolute atomic E-state index is 12.1. The van der Waals surface area contributed by atoms with E-state index in [1.54, 1.807) is 12.3 Å². The van der Waals surface area contributed by atoms with Crippen LogP contribution in [-0.4, -0.2) is 23.4 Å². The largest absolute Gasteiger partial charge is 0.373 e. The molecule has 2 rings (SSSR count). The van der Waals surface area contributed by atoms with Crippen LogP contribution in [0.5, 0.6) is 0 Å². The van der Waals surface area contributed by atoms with Gasteiger partial charge in [0.1, 0.15) is 0 Å². The summed E-state index contributed by atoms with van der Waals surface area (Å²) in [6.07, 6.45) is 2.78. The summed E-state index contributed by atoms with van der Waals surface area (Å²) in [5, 5.41) is 4.26. The van der Waals surface area contributed by atoms with Crippen LogP contribution in [0.25, 0.3) is 0 Å². The monoisotopic (exact) mass is 286 g/mol. The number of benzene rings is 1. The molecule has 112 valence electrons.